The molecule has 0 saturated heterocycles. The van der Waals surface area contributed by atoms with E-state index < -0.39 is 0 Å². The Balaban J connectivity index is 1.92. The molecule has 3 N–H and O–H groups in total. The predicted molar refractivity (Wildman–Crippen MR) is 85.5 cm³/mol. The summed E-state index contributed by atoms with van der Waals surface area (Å²) in [5.74, 6) is 0.779. The van der Waals surface area contributed by atoms with Crippen molar-refractivity contribution < 1.29 is 9.48 Å². The molecule has 108 valence electrons. The van der Waals surface area contributed by atoms with Crippen molar-refractivity contribution in [2.24, 2.45) is 0 Å². The highest BCUT2D eigenvalue weighted by molar-refractivity contribution is 5.86. The van der Waals surface area contributed by atoms with Crippen LogP contribution >= 0.6 is 0 Å². The van der Waals surface area contributed by atoms with E-state index in [1.807, 2.05) is 61.6 Å². The predicted octanol–water partition coefficient (Wildman–Crippen LogP) is 2.30. The lowest BCUT2D eigenvalue weighted by Gasteiger charge is -2.25. The van der Waals surface area contributed by atoms with Crippen LogP contribution in [0, 0.1) is 5.21 Å². The zero-order valence-electron chi connectivity index (χ0n) is 11.9. The molecular formula is C17H18N2O2. The van der Waals surface area contributed by atoms with E-state index in [1.54, 1.807) is 0 Å². The second-order valence-corrected chi connectivity index (χ2v) is 5.12. The average molecular weight is 282 g/mol. The molecule has 21 heavy (non-hydrogen) atoms. The van der Waals surface area contributed by atoms with Crippen molar-refractivity contribution in [2.45, 2.75) is 13.0 Å². The smallest absolute Gasteiger partial charge is 0.135 e. The normalized spacial score (nSPS) is 19.5. The number of benzene rings is 1. The van der Waals surface area contributed by atoms with Crippen LogP contribution < -0.4 is 10.8 Å². The number of anilines is 1. The Kier molecular flexibility index (Phi) is 3.64. The number of fused-ring (bicyclic) bond motifs is 1. The van der Waals surface area contributed by atoms with Crippen molar-refractivity contribution in [3.8, 4) is 0 Å². The molecule has 0 aliphatic heterocycles. The third kappa shape index (κ3) is 2.77. The zero-order chi connectivity index (χ0) is 14.8. The molecule has 0 amide bonds. The van der Waals surface area contributed by atoms with Gasteiger partial charge in [0.05, 0.1) is 6.54 Å². The first-order chi connectivity index (χ1) is 10.2. The van der Waals surface area contributed by atoms with Crippen molar-refractivity contribution in [1.82, 2.24) is 0 Å². The largest absolute Gasteiger partial charge is 0.634 e. The molecule has 1 heterocycles. The Hall–Kier alpha value is -2.30. The Morgan fingerprint density at radius 3 is 2.95 bits per heavy atom. The quantitative estimate of drug-likeness (QED) is 0.670. The van der Waals surface area contributed by atoms with Crippen LogP contribution in [0.5, 0.6) is 0 Å². The van der Waals surface area contributed by atoms with E-state index in [-0.39, 0.29) is 11.1 Å². The third-order valence-electron chi connectivity index (χ3n) is 3.62. The summed E-state index contributed by atoms with van der Waals surface area (Å²) >= 11 is 0. The number of nitrogen functional groups attached to an aromatic ring is 1. The van der Waals surface area contributed by atoms with Crippen LogP contribution in [0.4, 0.5) is 5.69 Å². The maximum Gasteiger partial charge on any atom is 0.135 e. The van der Waals surface area contributed by atoms with Crippen LogP contribution in [0.15, 0.2) is 59.1 Å². The van der Waals surface area contributed by atoms with Crippen LogP contribution in [0.25, 0.3) is 16.5 Å². The van der Waals surface area contributed by atoms with Gasteiger partial charge in [-0.25, -0.2) is 0 Å². The molecule has 0 saturated carbocycles. The van der Waals surface area contributed by atoms with E-state index in [2.05, 4.69) is 0 Å². The van der Waals surface area contributed by atoms with Crippen molar-refractivity contribution >= 4 is 22.2 Å². The fraction of sp³-hybridized carbons (Fsp3) is 0.176. The van der Waals surface area contributed by atoms with Gasteiger partial charge in [0, 0.05) is 16.6 Å². The lowest BCUT2D eigenvalue weighted by molar-refractivity contribution is -0.858. The highest BCUT2D eigenvalue weighted by Gasteiger charge is 2.11. The van der Waals surface area contributed by atoms with Crippen LogP contribution in [0.1, 0.15) is 12.7 Å². The minimum Gasteiger partial charge on any atom is -0.634 e. The molecule has 4 nitrogen and oxygen atoms in total. The van der Waals surface area contributed by atoms with Crippen molar-refractivity contribution in [3.05, 3.63) is 65.6 Å². The minimum atomic E-state index is -0.149. The molecule has 0 bridgehead atoms. The number of hydrogen-bond donors (Lipinski definition) is 2. The molecule has 0 radical (unpaired) electrons. The van der Waals surface area contributed by atoms with Gasteiger partial charge in [0.2, 0.25) is 0 Å². The van der Waals surface area contributed by atoms with Gasteiger partial charge in [-0.1, -0.05) is 12.2 Å². The number of allylic oxidation sites excluding steroid dienone is 4. The molecule has 3 rings (SSSR count). The first kappa shape index (κ1) is 13.7. The number of nitrogens with one attached hydrogen (secondary N) is 1. The zero-order valence-corrected chi connectivity index (χ0v) is 11.9. The van der Waals surface area contributed by atoms with E-state index in [0.29, 0.717) is 12.2 Å². The first-order valence-electron chi connectivity index (χ1n) is 7.06. The number of hydroxylamine groups is 2. The van der Waals surface area contributed by atoms with Gasteiger partial charge in [-0.05, 0) is 49.4 Å². The van der Waals surface area contributed by atoms with Crippen molar-refractivity contribution in [3.63, 3.8) is 0 Å². The van der Waals surface area contributed by atoms with Gasteiger partial charge < -0.3 is 20.4 Å². The number of furan rings is 1. The van der Waals surface area contributed by atoms with E-state index >= 15 is 0 Å². The summed E-state index contributed by atoms with van der Waals surface area (Å²) < 4.78 is 5.85. The van der Waals surface area contributed by atoms with Gasteiger partial charge in [-0.15, -0.1) is 0 Å². The molecule has 2 atom stereocenters. The first-order valence-corrected chi connectivity index (χ1v) is 7.06. The molecule has 1 aliphatic carbocycles. The number of likely N-dealkylation sites (N-methyl/N-ethyl adjacent to an activating group) is 1. The second kappa shape index (κ2) is 5.60. The molecule has 0 spiro atoms. The summed E-state index contributed by atoms with van der Waals surface area (Å²) in [5.41, 5.74) is 8.26. The highest BCUT2D eigenvalue weighted by atomic mass is 16.5. The molecule has 4 heteroatoms. The summed E-state index contributed by atoms with van der Waals surface area (Å²) in [4.78, 5) is 0. The Labute approximate surface area is 123 Å². The van der Waals surface area contributed by atoms with Crippen LogP contribution in [0.3, 0.4) is 0 Å². The summed E-state index contributed by atoms with van der Waals surface area (Å²) in [6.07, 6.45) is 9.65. The fourth-order valence-electron chi connectivity index (χ4n) is 2.42. The Morgan fingerprint density at radius 2 is 2.14 bits per heavy atom. The maximum absolute atomic E-state index is 11.8. The van der Waals surface area contributed by atoms with Gasteiger partial charge in [0.25, 0.3) is 0 Å². The lowest BCUT2D eigenvalue weighted by atomic mass is 10.1. The minimum absolute atomic E-state index is 0.149. The summed E-state index contributed by atoms with van der Waals surface area (Å²) in [6.45, 7) is 2.42. The average Bonchev–Trinajstić information content (AvgIpc) is 2.74. The van der Waals surface area contributed by atoms with E-state index in [0.717, 1.165) is 22.3 Å². The molecular weight excluding hydrogens is 264 g/mol. The van der Waals surface area contributed by atoms with Gasteiger partial charge in [0.15, 0.2) is 0 Å². The molecule has 0 fully saturated rings. The van der Waals surface area contributed by atoms with Crippen LogP contribution in [-0.4, -0.2) is 12.6 Å². The SMILES string of the molecule is CC[NH+]([O-])C1C=CC=C(c2cc3cc(N)ccc3o2)C=C1. The van der Waals surface area contributed by atoms with E-state index in [9.17, 15) is 5.21 Å². The van der Waals surface area contributed by atoms with Gasteiger partial charge in [0.1, 0.15) is 17.4 Å². The summed E-state index contributed by atoms with van der Waals surface area (Å²) in [5, 5.41) is 13.0. The number of nitrogens with two attached hydrogens (primary N) is 1. The van der Waals surface area contributed by atoms with Gasteiger partial charge in [-0.2, -0.15) is 0 Å². The molecule has 1 aromatic carbocycles. The Bertz CT molecular complexity index is 740. The van der Waals surface area contributed by atoms with Gasteiger partial charge in [-0.3, -0.25) is 0 Å². The Morgan fingerprint density at radius 1 is 1.29 bits per heavy atom. The topological polar surface area (TPSA) is 66.7 Å². The van der Waals surface area contributed by atoms with Gasteiger partial charge >= 0.3 is 0 Å². The number of rotatable bonds is 3. The summed E-state index contributed by atoms with van der Waals surface area (Å²) in [7, 11) is 0. The fourth-order valence-corrected chi connectivity index (χ4v) is 2.42. The van der Waals surface area contributed by atoms with Crippen LogP contribution in [-0.2, 0) is 0 Å². The monoisotopic (exact) mass is 282 g/mol. The lowest BCUT2D eigenvalue weighted by Crippen LogP contribution is -3.10. The maximum atomic E-state index is 11.8. The molecule has 1 aromatic heterocycles. The van der Waals surface area contributed by atoms with Crippen molar-refractivity contribution in [2.75, 3.05) is 12.3 Å². The molecule has 1 aliphatic rings. The second-order valence-electron chi connectivity index (χ2n) is 5.12. The summed E-state index contributed by atoms with van der Waals surface area (Å²) in [6, 6.07) is 7.40. The number of hydrogen-bond acceptors (Lipinski definition) is 3. The van der Waals surface area contributed by atoms with E-state index in [4.69, 9.17) is 10.2 Å². The van der Waals surface area contributed by atoms with E-state index in [1.165, 1.54) is 0 Å². The molecule has 2 unspecified atom stereocenters. The number of quaternary nitrogens is 1. The highest BCUT2D eigenvalue weighted by Crippen LogP contribution is 2.27. The van der Waals surface area contributed by atoms with Crippen LogP contribution in [0.2, 0.25) is 0 Å². The standard InChI is InChI=1S/C17H18N2O2/c1-2-19(20)15-5-3-4-12(6-8-15)17-11-13-10-14(18)7-9-16(13)21-17/h3-11,15,19H,2,18H2,1H3. The molecule has 2 aromatic rings. The third-order valence-corrected chi connectivity index (χ3v) is 3.62. The van der Waals surface area contributed by atoms with Crippen molar-refractivity contribution in [1.29, 1.82) is 0 Å².